The van der Waals surface area contributed by atoms with Gasteiger partial charge in [-0.2, -0.15) is 26.3 Å². The topological polar surface area (TPSA) is 63.2 Å². The molecule has 0 unspecified atom stereocenters. The van der Waals surface area contributed by atoms with Crippen LogP contribution in [0.15, 0.2) is 72.1 Å². The third-order valence-corrected chi connectivity index (χ3v) is 5.87. The lowest BCUT2D eigenvalue weighted by atomic mass is 10.0. The van der Waals surface area contributed by atoms with Crippen molar-refractivity contribution >= 4 is 33.8 Å². The molecule has 0 aliphatic rings. The van der Waals surface area contributed by atoms with E-state index in [2.05, 4.69) is 15.6 Å². The predicted octanol–water partition coefficient (Wildman–Crippen LogP) is 7.85. The minimum atomic E-state index is -5.05. The van der Waals surface area contributed by atoms with Gasteiger partial charge in [0.15, 0.2) is 5.13 Å². The number of alkyl halides is 6. The highest BCUT2D eigenvalue weighted by Gasteiger charge is 2.37. The van der Waals surface area contributed by atoms with Crippen LogP contribution in [-0.2, 0) is 12.4 Å². The summed E-state index contributed by atoms with van der Waals surface area (Å²) < 4.78 is 83.6. The molecule has 4 aromatic rings. The van der Waals surface area contributed by atoms with Gasteiger partial charge in [0.25, 0.3) is 5.91 Å². The maximum absolute atomic E-state index is 13.1. The zero-order valence-corrected chi connectivity index (χ0v) is 19.7. The number of hydrogen-bond donors (Lipinski definition) is 2. The molecule has 3 aromatic carbocycles. The van der Waals surface area contributed by atoms with Crippen LogP contribution in [0, 0.1) is 0 Å². The molecule has 0 saturated carbocycles. The van der Waals surface area contributed by atoms with Crippen molar-refractivity contribution in [3.05, 3.63) is 88.8 Å². The van der Waals surface area contributed by atoms with Gasteiger partial charge in [-0.1, -0.05) is 18.2 Å². The van der Waals surface area contributed by atoms with Crippen LogP contribution >= 0.6 is 11.3 Å². The summed E-state index contributed by atoms with van der Waals surface area (Å²) in [4.78, 5) is 17.0. The number of thiazole rings is 1. The molecule has 37 heavy (non-hydrogen) atoms. The van der Waals surface area contributed by atoms with Crippen molar-refractivity contribution in [2.45, 2.75) is 12.4 Å². The first-order valence-electron chi connectivity index (χ1n) is 10.5. The molecule has 0 saturated heterocycles. The highest BCUT2D eigenvalue weighted by atomic mass is 32.1. The summed E-state index contributed by atoms with van der Waals surface area (Å²) in [5, 5.41) is 7.91. The minimum absolute atomic E-state index is 0.0309. The zero-order valence-electron chi connectivity index (χ0n) is 18.9. The SMILES string of the molecule is COc1cccc(Nc2nc(-c3ccc(NC(=O)c4cc(C(F)(F)F)cc(C(F)(F)F)c4)cc3)cs2)c1. The van der Waals surface area contributed by atoms with Crippen molar-refractivity contribution in [3.8, 4) is 17.0 Å². The van der Waals surface area contributed by atoms with Gasteiger partial charge in [-0.3, -0.25) is 4.79 Å². The van der Waals surface area contributed by atoms with Crippen LogP contribution in [0.4, 0.5) is 42.8 Å². The molecule has 4 rings (SSSR count). The molecule has 192 valence electrons. The van der Waals surface area contributed by atoms with Gasteiger partial charge in [0.2, 0.25) is 0 Å². The maximum Gasteiger partial charge on any atom is 0.416 e. The molecule has 0 radical (unpaired) electrons. The van der Waals surface area contributed by atoms with Crippen molar-refractivity contribution in [3.63, 3.8) is 0 Å². The van der Waals surface area contributed by atoms with E-state index < -0.39 is 35.0 Å². The second-order valence-corrected chi connectivity index (χ2v) is 8.58. The van der Waals surface area contributed by atoms with E-state index >= 15 is 0 Å². The molecule has 0 fully saturated rings. The van der Waals surface area contributed by atoms with Gasteiger partial charge in [-0.15, -0.1) is 11.3 Å². The van der Waals surface area contributed by atoms with Crippen molar-refractivity contribution in [2.24, 2.45) is 0 Å². The monoisotopic (exact) mass is 537 g/mol. The number of benzene rings is 3. The smallest absolute Gasteiger partial charge is 0.416 e. The van der Waals surface area contributed by atoms with Gasteiger partial charge in [-0.25, -0.2) is 4.98 Å². The second-order valence-electron chi connectivity index (χ2n) is 7.72. The van der Waals surface area contributed by atoms with Gasteiger partial charge in [0.1, 0.15) is 5.75 Å². The van der Waals surface area contributed by atoms with Gasteiger partial charge in [0.05, 0.1) is 23.9 Å². The molecule has 2 N–H and O–H groups in total. The summed E-state index contributed by atoms with van der Waals surface area (Å²) in [5.74, 6) is -0.429. The first kappa shape index (κ1) is 26.0. The number of nitrogens with one attached hydrogen (secondary N) is 2. The van der Waals surface area contributed by atoms with Gasteiger partial charge in [-0.05, 0) is 42.5 Å². The lowest BCUT2D eigenvalue weighted by molar-refractivity contribution is -0.143. The fraction of sp³-hybridized carbons (Fsp3) is 0.120. The van der Waals surface area contributed by atoms with Crippen LogP contribution < -0.4 is 15.4 Å². The average molecular weight is 537 g/mol. The molecule has 1 aromatic heterocycles. The highest BCUT2D eigenvalue weighted by molar-refractivity contribution is 7.14. The second kappa shape index (κ2) is 10.1. The first-order valence-corrected chi connectivity index (χ1v) is 11.4. The number of rotatable bonds is 6. The molecule has 1 amide bonds. The molecule has 0 atom stereocenters. The van der Waals surface area contributed by atoms with Crippen LogP contribution in [0.5, 0.6) is 5.75 Å². The van der Waals surface area contributed by atoms with Gasteiger partial charge < -0.3 is 15.4 Å². The summed E-state index contributed by atoms with van der Waals surface area (Å²) in [6.45, 7) is 0. The van der Waals surface area contributed by atoms with E-state index in [-0.39, 0.29) is 11.8 Å². The zero-order chi connectivity index (χ0) is 26.8. The number of anilines is 3. The van der Waals surface area contributed by atoms with Crippen LogP contribution in [0.3, 0.4) is 0 Å². The normalized spacial score (nSPS) is 11.8. The first-order chi connectivity index (χ1) is 17.4. The number of ether oxygens (including phenoxy) is 1. The fourth-order valence-electron chi connectivity index (χ4n) is 3.30. The Bertz CT molecular complexity index is 1380. The van der Waals surface area contributed by atoms with E-state index in [1.165, 1.54) is 23.5 Å². The van der Waals surface area contributed by atoms with E-state index in [1.54, 1.807) is 36.8 Å². The molecule has 0 aliphatic carbocycles. The summed E-state index contributed by atoms with van der Waals surface area (Å²) >= 11 is 1.35. The van der Waals surface area contributed by atoms with E-state index in [1.807, 2.05) is 12.1 Å². The van der Waals surface area contributed by atoms with E-state index in [4.69, 9.17) is 4.74 Å². The van der Waals surface area contributed by atoms with Crippen LogP contribution in [0.25, 0.3) is 11.3 Å². The van der Waals surface area contributed by atoms with E-state index in [0.717, 1.165) is 5.69 Å². The number of halogens is 6. The summed E-state index contributed by atoms with van der Waals surface area (Å²) in [6.07, 6.45) is -10.1. The Morgan fingerprint density at radius 2 is 1.51 bits per heavy atom. The molecule has 0 aliphatic heterocycles. The van der Waals surface area contributed by atoms with Crippen LogP contribution in [0.2, 0.25) is 0 Å². The summed E-state index contributed by atoms with van der Waals surface area (Å²) in [7, 11) is 1.56. The molecule has 0 spiro atoms. The van der Waals surface area contributed by atoms with Crippen LogP contribution in [-0.4, -0.2) is 18.0 Å². The average Bonchev–Trinajstić information content (AvgIpc) is 3.31. The summed E-state index contributed by atoms with van der Waals surface area (Å²) in [6, 6.07) is 14.2. The molecule has 5 nitrogen and oxygen atoms in total. The Labute approximate surface area is 210 Å². The van der Waals surface area contributed by atoms with Crippen molar-refractivity contribution in [1.82, 2.24) is 4.98 Å². The van der Waals surface area contributed by atoms with Crippen molar-refractivity contribution in [1.29, 1.82) is 0 Å². The number of amides is 1. The number of aromatic nitrogens is 1. The lowest BCUT2D eigenvalue weighted by Gasteiger charge is -2.14. The molecular formula is C25H17F6N3O2S. The third-order valence-electron chi connectivity index (χ3n) is 5.11. The molecule has 12 heteroatoms. The Morgan fingerprint density at radius 3 is 2.11 bits per heavy atom. The number of hydrogen-bond acceptors (Lipinski definition) is 5. The third kappa shape index (κ3) is 6.39. The number of nitrogens with zero attached hydrogens (tertiary/aromatic N) is 1. The predicted molar refractivity (Wildman–Crippen MR) is 128 cm³/mol. The van der Waals surface area contributed by atoms with E-state index in [9.17, 15) is 31.1 Å². The standard InChI is InChI=1S/C25H17F6N3O2S/c1-36-20-4-2-3-19(12-20)33-23-34-21(13-37-23)14-5-7-18(8-6-14)32-22(35)15-9-16(24(26,27)28)11-17(10-15)25(29,30)31/h2-13H,1H3,(H,32,35)(H,33,34). The minimum Gasteiger partial charge on any atom is -0.497 e. The maximum atomic E-state index is 13.1. The lowest BCUT2D eigenvalue weighted by Crippen LogP contribution is -2.17. The Balaban J connectivity index is 1.49. The molecule has 0 bridgehead atoms. The van der Waals surface area contributed by atoms with Crippen molar-refractivity contribution in [2.75, 3.05) is 17.7 Å². The van der Waals surface area contributed by atoms with Gasteiger partial charge in [0, 0.05) is 33.9 Å². The Hall–Kier alpha value is -4.06. The number of methoxy groups -OCH3 is 1. The Kier molecular flexibility index (Phi) is 7.12. The van der Waals surface area contributed by atoms with Crippen LogP contribution in [0.1, 0.15) is 21.5 Å². The van der Waals surface area contributed by atoms with E-state index in [0.29, 0.717) is 34.3 Å². The number of carbonyl (C=O) groups excluding carboxylic acids is 1. The summed E-state index contributed by atoms with van der Waals surface area (Å²) in [5.41, 5.74) is -1.62. The quantitative estimate of drug-likeness (QED) is 0.246. The van der Waals surface area contributed by atoms with Crippen molar-refractivity contribution < 1.29 is 35.9 Å². The fourth-order valence-corrected chi connectivity index (χ4v) is 4.04. The molecule has 1 heterocycles. The largest absolute Gasteiger partial charge is 0.497 e. The van der Waals surface area contributed by atoms with Gasteiger partial charge >= 0.3 is 12.4 Å². The Morgan fingerprint density at radius 1 is 0.865 bits per heavy atom. The number of carbonyl (C=O) groups is 1. The highest BCUT2D eigenvalue weighted by Crippen LogP contribution is 2.36. The molecular weight excluding hydrogens is 520 g/mol.